The smallest absolute Gasteiger partial charge is 0.407 e. The number of benzene rings is 1. The lowest BCUT2D eigenvalue weighted by atomic mass is 10.0. The van der Waals surface area contributed by atoms with Crippen molar-refractivity contribution in [3.63, 3.8) is 0 Å². The minimum atomic E-state index is -0.563. The highest BCUT2D eigenvalue weighted by molar-refractivity contribution is 5.86. The topological polar surface area (TPSA) is 71.1 Å². The van der Waals surface area contributed by atoms with E-state index in [4.69, 9.17) is 9.47 Å². The van der Waals surface area contributed by atoms with Crippen LogP contribution in [0.4, 0.5) is 4.79 Å². The molecule has 28 heavy (non-hydrogen) atoms. The lowest BCUT2D eigenvalue weighted by molar-refractivity contribution is -0.134. The quantitative estimate of drug-likeness (QED) is 0.773. The number of nitrogens with zero attached hydrogens (tertiary/aromatic N) is 2. The van der Waals surface area contributed by atoms with Crippen LogP contribution in [0.15, 0.2) is 24.3 Å². The molecule has 7 heteroatoms. The van der Waals surface area contributed by atoms with Gasteiger partial charge in [-0.05, 0) is 37.0 Å². The Bertz CT molecular complexity index is 633. The summed E-state index contributed by atoms with van der Waals surface area (Å²) < 4.78 is 10.2. The molecule has 1 unspecified atom stereocenters. The van der Waals surface area contributed by atoms with E-state index >= 15 is 0 Å². The number of carbonyl (C=O) groups excluding carboxylic acids is 2. The first-order chi connectivity index (χ1) is 13.4. The highest BCUT2D eigenvalue weighted by Crippen LogP contribution is 2.15. The van der Waals surface area contributed by atoms with Crippen LogP contribution >= 0.6 is 0 Å². The number of rotatable bonds is 7. The van der Waals surface area contributed by atoms with Gasteiger partial charge in [0.05, 0.1) is 13.7 Å². The van der Waals surface area contributed by atoms with Crippen LogP contribution < -0.4 is 10.1 Å². The van der Waals surface area contributed by atoms with Crippen LogP contribution in [0.5, 0.6) is 5.75 Å². The van der Waals surface area contributed by atoms with Crippen molar-refractivity contribution in [3.8, 4) is 5.75 Å². The van der Waals surface area contributed by atoms with E-state index in [9.17, 15) is 9.59 Å². The summed E-state index contributed by atoms with van der Waals surface area (Å²) >= 11 is 0. The second kappa shape index (κ2) is 10.9. The predicted octanol–water partition coefficient (Wildman–Crippen LogP) is 2.50. The molecule has 7 nitrogen and oxygen atoms in total. The van der Waals surface area contributed by atoms with Crippen molar-refractivity contribution >= 4 is 12.0 Å². The molecule has 2 rings (SSSR count). The van der Waals surface area contributed by atoms with Gasteiger partial charge in [0, 0.05) is 32.7 Å². The van der Waals surface area contributed by atoms with Gasteiger partial charge in [-0.1, -0.05) is 26.0 Å². The number of hydrogen-bond acceptors (Lipinski definition) is 5. The molecule has 0 aliphatic carbocycles. The fourth-order valence-corrected chi connectivity index (χ4v) is 3.35. The first-order valence-corrected chi connectivity index (χ1v) is 10.0. The van der Waals surface area contributed by atoms with Crippen LogP contribution in [-0.4, -0.2) is 67.7 Å². The van der Waals surface area contributed by atoms with Gasteiger partial charge in [0.1, 0.15) is 11.8 Å². The molecule has 1 atom stereocenters. The van der Waals surface area contributed by atoms with Crippen molar-refractivity contribution in [2.75, 3.05) is 39.9 Å². The first-order valence-electron chi connectivity index (χ1n) is 10.0. The number of methoxy groups -OCH3 is 1. The van der Waals surface area contributed by atoms with Crippen LogP contribution in [0.3, 0.4) is 0 Å². The summed E-state index contributed by atoms with van der Waals surface area (Å²) in [4.78, 5) is 29.0. The molecule has 156 valence electrons. The van der Waals surface area contributed by atoms with Gasteiger partial charge in [0.2, 0.25) is 5.91 Å². The van der Waals surface area contributed by atoms with Crippen molar-refractivity contribution in [2.45, 2.75) is 39.8 Å². The monoisotopic (exact) mass is 391 g/mol. The third kappa shape index (κ3) is 6.41. The van der Waals surface area contributed by atoms with E-state index in [1.54, 1.807) is 14.0 Å². The average Bonchev–Trinajstić information content (AvgIpc) is 2.92. The molecular formula is C21H33N3O4. The third-order valence-electron chi connectivity index (χ3n) is 4.95. The van der Waals surface area contributed by atoms with Gasteiger partial charge in [-0.2, -0.15) is 0 Å². The Labute approximate surface area is 168 Å². The van der Waals surface area contributed by atoms with Crippen molar-refractivity contribution in [3.05, 3.63) is 29.8 Å². The van der Waals surface area contributed by atoms with E-state index in [-0.39, 0.29) is 18.4 Å². The maximum absolute atomic E-state index is 13.0. The molecule has 1 N–H and O–H groups in total. The second-order valence-electron chi connectivity index (χ2n) is 7.39. The highest BCUT2D eigenvalue weighted by Gasteiger charge is 2.30. The van der Waals surface area contributed by atoms with Crippen molar-refractivity contribution in [1.82, 2.24) is 15.1 Å². The number of hydrogen-bond donors (Lipinski definition) is 1. The molecule has 1 aromatic rings. The van der Waals surface area contributed by atoms with Gasteiger partial charge in [-0.25, -0.2) is 4.79 Å². The average molecular weight is 392 g/mol. The molecule has 1 saturated heterocycles. The summed E-state index contributed by atoms with van der Waals surface area (Å²) in [7, 11) is 1.66. The molecule has 0 saturated carbocycles. The SMILES string of the molecule is CCOC(=O)NC(C(=O)N1CCCN(Cc2ccc(OC)cc2)CC1)C(C)C. The third-order valence-corrected chi connectivity index (χ3v) is 4.95. The molecule has 1 aliphatic heterocycles. The molecule has 1 aliphatic rings. The molecule has 2 amide bonds. The lowest BCUT2D eigenvalue weighted by Crippen LogP contribution is -2.52. The number of alkyl carbamates (subject to hydrolysis) is 1. The Balaban J connectivity index is 1.93. The van der Waals surface area contributed by atoms with E-state index in [0.29, 0.717) is 13.1 Å². The van der Waals surface area contributed by atoms with Gasteiger partial charge < -0.3 is 19.7 Å². The van der Waals surface area contributed by atoms with Crippen LogP contribution in [-0.2, 0) is 16.1 Å². The van der Waals surface area contributed by atoms with Gasteiger partial charge in [-0.3, -0.25) is 9.69 Å². The Morgan fingerprint density at radius 3 is 2.43 bits per heavy atom. The number of amides is 2. The van der Waals surface area contributed by atoms with Gasteiger partial charge in [0.15, 0.2) is 0 Å². The summed E-state index contributed by atoms with van der Waals surface area (Å²) in [6.45, 7) is 9.85. The molecule has 0 radical (unpaired) electrons. The molecule has 0 bridgehead atoms. The van der Waals surface area contributed by atoms with Crippen LogP contribution in [0.25, 0.3) is 0 Å². The Morgan fingerprint density at radius 1 is 1.11 bits per heavy atom. The minimum absolute atomic E-state index is 0.00411. The van der Waals surface area contributed by atoms with E-state index in [0.717, 1.165) is 31.8 Å². The van der Waals surface area contributed by atoms with Gasteiger partial charge >= 0.3 is 6.09 Å². The lowest BCUT2D eigenvalue weighted by Gasteiger charge is -2.28. The van der Waals surface area contributed by atoms with Crippen LogP contribution in [0.2, 0.25) is 0 Å². The van der Waals surface area contributed by atoms with Crippen LogP contribution in [0.1, 0.15) is 32.8 Å². The van der Waals surface area contributed by atoms with Crippen molar-refractivity contribution < 1.29 is 19.1 Å². The van der Waals surface area contributed by atoms with E-state index in [2.05, 4.69) is 22.3 Å². The minimum Gasteiger partial charge on any atom is -0.497 e. The number of carbonyl (C=O) groups is 2. The zero-order chi connectivity index (χ0) is 20.5. The largest absolute Gasteiger partial charge is 0.497 e. The Hall–Kier alpha value is -2.28. The molecule has 1 fully saturated rings. The molecule has 0 spiro atoms. The predicted molar refractivity (Wildman–Crippen MR) is 108 cm³/mol. The standard InChI is InChI=1S/C21H33N3O4/c1-5-28-21(26)22-19(16(2)3)20(25)24-12-6-11-23(13-14-24)15-17-7-9-18(27-4)10-8-17/h7-10,16,19H,5-6,11-15H2,1-4H3,(H,22,26). The van der Waals surface area contributed by atoms with Crippen molar-refractivity contribution in [2.24, 2.45) is 5.92 Å². The summed E-state index contributed by atoms with van der Waals surface area (Å²) in [6, 6.07) is 7.52. The summed E-state index contributed by atoms with van der Waals surface area (Å²) in [5, 5.41) is 2.72. The number of ether oxygens (including phenoxy) is 2. The molecule has 0 aromatic heterocycles. The molecule has 1 heterocycles. The van der Waals surface area contributed by atoms with Crippen LogP contribution in [0, 0.1) is 5.92 Å². The van der Waals surface area contributed by atoms with E-state index in [1.807, 2.05) is 30.9 Å². The van der Waals surface area contributed by atoms with Gasteiger partial charge in [0.25, 0.3) is 0 Å². The maximum atomic E-state index is 13.0. The summed E-state index contributed by atoms with van der Waals surface area (Å²) in [6.07, 6.45) is 0.372. The number of nitrogens with one attached hydrogen (secondary N) is 1. The zero-order valence-corrected chi connectivity index (χ0v) is 17.4. The molecular weight excluding hydrogens is 358 g/mol. The maximum Gasteiger partial charge on any atom is 0.407 e. The fourth-order valence-electron chi connectivity index (χ4n) is 3.35. The Morgan fingerprint density at radius 2 is 1.82 bits per heavy atom. The fraction of sp³-hybridized carbons (Fsp3) is 0.619. The zero-order valence-electron chi connectivity index (χ0n) is 17.4. The van der Waals surface area contributed by atoms with E-state index < -0.39 is 12.1 Å². The van der Waals surface area contributed by atoms with E-state index in [1.165, 1.54) is 5.56 Å². The van der Waals surface area contributed by atoms with Crippen molar-refractivity contribution in [1.29, 1.82) is 0 Å². The molecule has 1 aromatic carbocycles. The summed E-state index contributed by atoms with van der Waals surface area (Å²) in [5.41, 5.74) is 1.23. The highest BCUT2D eigenvalue weighted by atomic mass is 16.5. The second-order valence-corrected chi connectivity index (χ2v) is 7.39. The normalized spacial score (nSPS) is 16.4. The van der Waals surface area contributed by atoms with Gasteiger partial charge in [-0.15, -0.1) is 0 Å². The first kappa shape index (κ1) is 22.0. The Kier molecular flexibility index (Phi) is 8.57. The summed E-state index contributed by atoms with van der Waals surface area (Å²) in [5.74, 6) is 0.815.